The highest BCUT2D eigenvalue weighted by Crippen LogP contribution is 2.18. The average molecular weight is 294 g/mol. The van der Waals surface area contributed by atoms with Gasteiger partial charge in [-0.25, -0.2) is 17.6 Å². The van der Waals surface area contributed by atoms with Gasteiger partial charge in [0.1, 0.15) is 5.82 Å². The third-order valence-corrected chi connectivity index (χ3v) is 4.37. The lowest BCUT2D eigenvalue weighted by molar-refractivity contribution is 0.0696. The van der Waals surface area contributed by atoms with Crippen LogP contribution in [0.3, 0.4) is 0 Å². The van der Waals surface area contributed by atoms with Gasteiger partial charge in [-0.2, -0.15) is 0 Å². The molecule has 0 heterocycles. The molecule has 104 valence electrons. The SMILES string of the molecule is O=C(O)c1cccc(S(=O)(=O)Cc2cccc(F)c2)c1. The van der Waals surface area contributed by atoms with Crippen LogP contribution in [0.2, 0.25) is 0 Å². The van der Waals surface area contributed by atoms with Crippen LogP contribution in [0.5, 0.6) is 0 Å². The largest absolute Gasteiger partial charge is 0.478 e. The van der Waals surface area contributed by atoms with Crippen molar-refractivity contribution in [2.45, 2.75) is 10.6 Å². The molecule has 0 aliphatic heterocycles. The first-order valence-corrected chi connectivity index (χ1v) is 7.34. The van der Waals surface area contributed by atoms with E-state index >= 15 is 0 Å². The number of benzene rings is 2. The van der Waals surface area contributed by atoms with E-state index in [0.29, 0.717) is 5.56 Å². The Hall–Kier alpha value is -2.21. The van der Waals surface area contributed by atoms with Crippen LogP contribution in [0.25, 0.3) is 0 Å². The summed E-state index contributed by atoms with van der Waals surface area (Å²) in [6.07, 6.45) is 0. The van der Waals surface area contributed by atoms with Crippen molar-refractivity contribution in [3.63, 3.8) is 0 Å². The number of carboxylic acid groups (broad SMARTS) is 1. The van der Waals surface area contributed by atoms with E-state index in [1.54, 1.807) is 0 Å². The summed E-state index contributed by atoms with van der Waals surface area (Å²) >= 11 is 0. The molecule has 0 aliphatic rings. The molecule has 0 fully saturated rings. The van der Waals surface area contributed by atoms with E-state index in [4.69, 9.17) is 5.11 Å². The third-order valence-electron chi connectivity index (χ3n) is 2.69. The molecule has 1 N–H and O–H groups in total. The average Bonchev–Trinajstić information content (AvgIpc) is 2.38. The Bertz CT molecular complexity index is 753. The Balaban J connectivity index is 2.35. The van der Waals surface area contributed by atoms with E-state index in [2.05, 4.69) is 0 Å². The fraction of sp³-hybridized carbons (Fsp3) is 0.0714. The molecule has 2 aromatic rings. The zero-order chi connectivity index (χ0) is 14.8. The van der Waals surface area contributed by atoms with Gasteiger partial charge in [0, 0.05) is 0 Å². The van der Waals surface area contributed by atoms with Gasteiger partial charge in [0.2, 0.25) is 0 Å². The van der Waals surface area contributed by atoms with Crippen molar-refractivity contribution in [3.8, 4) is 0 Å². The summed E-state index contributed by atoms with van der Waals surface area (Å²) in [6, 6.07) is 10.4. The number of carboxylic acids is 1. The quantitative estimate of drug-likeness (QED) is 0.940. The van der Waals surface area contributed by atoms with E-state index in [1.807, 2.05) is 0 Å². The van der Waals surface area contributed by atoms with Crippen molar-refractivity contribution >= 4 is 15.8 Å². The fourth-order valence-corrected chi connectivity index (χ4v) is 3.13. The van der Waals surface area contributed by atoms with Crippen LogP contribution in [0.15, 0.2) is 53.4 Å². The molecule has 0 atom stereocenters. The van der Waals surface area contributed by atoms with Crippen molar-refractivity contribution in [1.82, 2.24) is 0 Å². The number of rotatable bonds is 4. The van der Waals surface area contributed by atoms with Gasteiger partial charge in [-0.1, -0.05) is 18.2 Å². The van der Waals surface area contributed by atoms with Crippen LogP contribution in [0.4, 0.5) is 4.39 Å². The summed E-state index contributed by atoms with van der Waals surface area (Å²) in [5.74, 6) is -2.10. The van der Waals surface area contributed by atoms with Gasteiger partial charge < -0.3 is 5.11 Å². The first kappa shape index (κ1) is 14.2. The Morgan fingerprint density at radius 3 is 2.45 bits per heavy atom. The maximum absolute atomic E-state index is 13.0. The van der Waals surface area contributed by atoms with Gasteiger partial charge in [0.05, 0.1) is 16.2 Å². The highest BCUT2D eigenvalue weighted by Gasteiger charge is 2.17. The van der Waals surface area contributed by atoms with E-state index in [1.165, 1.54) is 36.4 Å². The van der Waals surface area contributed by atoms with Crippen LogP contribution in [-0.4, -0.2) is 19.5 Å². The van der Waals surface area contributed by atoms with Crippen molar-refractivity contribution in [2.75, 3.05) is 0 Å². The molecule has 2 rings (SSSR count). The minimum absolute atomic E-state index is 0.0957. The van der Waals surface area contributed by atoms with Crippen molar-refractivity contribution in [3.05, 3.63) is 65.5 Å². The zero-order valence-electron chi connectivity index (χ0n) is 10.3. The summed E-state index contributed by atoms with van der Waals surface area (Å²) in [6.45, 7) is 0. The van der Waals surface area contributed by atoms with E-state index in [-0.39, 0.29) is 16.2 Å². The molecule has 0 amide bonds. The number of hydrogen-bond acceptors (Lipinski definition) is 3. The first-order chi connectivity index (χ1) is 9.38. The lowest BCUT2D eigenvalue weighted by atomic mass is 10.2. The number of sulfone groups is 1. The van der Waals surface area contributed by atoms with Gasteiger partial charge in [-0.3, -0.25) is 0 Å². The van der Waals surface area contributed by atoms with Crippen LogP contribution in [0, 0.1) is 5.82 Å². The Morgan fingerprint density at radius 2 is 1.80 bits per heavy atom. The molecule has 6 heteroatoms. The molecule has 4 nitrogen and oxygen atoms in total. The molecule has 0 aromatic heterocycles. The predicted octanol–water partition coefficient (Wildman–Crippen LogP) is 2.50. The number of hydrogen-bond donors (Lipinski definition) is 1. The summed E-state index contributed by atoms with van der Waals surface area (Å²) in [7, 11) is -3.72. The van der Waals surface area contributed by atoms with Gasteiger partial charge >= 0.3 is 5.97 Å². The van der Waals surface area contributed by atoms with Gasteiger partial charge in [-0.05, 0) is 35.9 Å². The Labute approximate surface area is 115 Å². The zero-order valence-corrected chi connectivity index (χ0v) is 11.1. The molecule has 0 saturated carbocycles. The first-order valence-electron chi connectivity index (χ1n) is 5.69. The highest BCUT2D eigenvalue weighted by atomic mass is 32.2. The van der Waals surface area contributed by atoms with Gasteiger partial charge in [0.25, 0.3) is 0 Å². The van der Waals surface area contributed by atoms with E-state index in [9.17, 15) is 17.6 Å². The summed E-state index contributed by atoms with van der Waals surface area (Å²) in [5.41, 5.74) is 0.205. The number of aromatic carboxylic acids is 1. The maximum Gasteiger partial charge on any atom is 0.335 e. The van der Waals surface area contributed by atoms with Crippen LogP contribution in [0.1, 0.15) is 15.9 Å². The van der Waals surface area contributed by atoms with Crippen LogP contribution >= 0.6 is 0 Å². The van der Waals surface area contributed by atoms with Crippen molar-refractivity contribution < 1.29 is 22.7 Å². The smallest absolute Gasteiger partial charge is 0.335 e. The van der Waals surface area contributed by atoms with Gasteiger partial charge in [0.15, 0.2) is 9.84 Å². The molecule has 0 unspecified atom stereocenters. The second-order valence-corrected chi connectivity index (χ2v) is 6.21. The van der Waals surface area contributed by atoms with E-state index in [0.717, 1.165) is 12.1 Å². The fourth-order valence-electron chi connectivity index (χ4n) is 1.75. The Morgan fingerprint density at radius 1 is 1.10 bits per heavy atom. The molecular formula is C14H11FO4S. The third kappa shape index (κ3) is 3.21. The highest BCUT2D eigenvalue weighted by molar-refractivity contribution is 7.90. The van der Waals surface area contributed by atoms with E-state index < -0.39 is 21.6 Å². The minimum atomic E-state index is -3.72. The molecule has 2 aromatic carbocycles. The Kier molecular flexibility index (Phi) is 3.85. The summed E-state index contributed by atoms with van der Waals surface area (Å²) in [4.78, 5) is 10.7. The lowest BCUT2D eigenvalue weighted by Gasteiger charge is -2.06. The monoisotopic (exact) mass is 294 g/mol. The van der Waals surface area contributed by atoms with Crippen molar-refractivity contribution in [2.24, 2.45) is 0 Å². The van der Waals surface area contributed by atoms with Crippen LogP contribution < -0.4 is 0 Å². The standard InChI is InChI=1S/C14H11FO4S/c15-12-5-1-3-10(7-12)9-20(18,19)13-6-2-4-11(8-13)14(16)17/h1-8H,9H2,(H,16,17). The van der Waals surface area contributed by atoms with Crippen LogP contribution in [-0.2, 0) is 15.6 Å². The molecular weight excluding hydrogens is 283 g/mol. The molecule has 0 radical (unpaired) electrons. The summed E-state index contributed by atoms with van der Waals surface area (Å²) in [5, 5.41) is 8.86. The molecule has 20 heavy (non-hydrogen) atoms. The topological polar surface area (TPSA) is 71.4 Å². The minimum Gasteiger partial charge on any atom is -0.478 e. The second kappa shape index (κ2) is 5.42. The lowest BCUT2D eigenvalue weighted by Crippen LogP contribution is -2.07. The summed E-state index contributed by atoms with van der Waals surface area (Å²) < 4.78 is 37.4. The molecule has 0 aliphatic carbocycles. The normalized spacial score (nSPS) is 11.2. The number of halogens is 1. The van der Waals surface area contributed by atoms with Crippen molar-refractivity contribution in [1.29, 1.82) is 0 Å². The second-order valence-electron chi connectivity index (χ2n) is 4.22. The molecule has 0 bridgehead atoms. The van der Waals surface area contributed by atoms with Gasteiger partial charge in [-0.15, -0.1) is 0 Å². The molecule has 0 spiro atoms. The number of carbonyl (C=O) groups is 1. The predicted molar refractivity (Wildman–Crippen MR) is 70.7 cm³/mol. The maximum atomic E-state index is 13.0. The molecule has 0 saturated heterocycles.